The van der Waals surface area contributed by atoms with E-state index in [-0.39, 0.29) is 24.3 Å². The average Bonchev–Trinajstić information content (AvgIpc) is 2.69. The summed E-state index contributed by atoms with van der Waals surface area (Å²) in [5.41, 5.74) is -0.877. The van der Waals surface area contributed by atoms with Crippen molar-refractivity contribution in [1.29, 1.82) is 0 Å². The highest BCUT2D eigenvalue weighted by Gasteiger charge is 2.34. The van der Waals surface area contributed by atoms with Gasteiger partial charge in [-0.05, 0) is 30.5 Å². The molecule has 6 heteroatoms. The lowest BCUT2D eigenvalue weighted by Crippen LogP contribution is -2.35. The first-order valence-corrected chi connectivity index (χ1v) is 6.09. The molecule has 1 aromatic rings. The molecular formula is C13H15F4NO. The number of hydrogen-bond donors (Lipinski definition) is 1. The van der Waals surface area contributed by atoms with E-state index < -0.39 is 17.6 Å². The zero-order valence-electron chi connectivity index (χ0n) is 10.4. The lowest BCUT2D eigenvalue weighted by molar-refractivity contribution is -0.137. The first kappa shape index (κ1) is 14.1. The predicted octanol–water partition coefficient (Wildman–Crippen LogP) is 3.05. The van der Waals surface area contributed by atoms with Crippen molar-refractivity contribution in [2.75, 3.05) is 18.1 Å². The smallest absolute Gasteiger partial charge is 0.394 e. The van der Waals surface area contributed by atoms with Gasteiger partial charge in [0.25, 0.3) is 0 Å². The van der Waals surface area contributed by atoms with Gasteiger partial charge in [0.2, 0.25) is 0 Å². The zero-order valence-corrected chi connectivity index (χ0v) is 10.4. The molecule has 106 valence electrons. The third-order valence-electron chi connectivity index (χ3n) is 3.65. The van der Waals surface area contributed by atoms with Crippen LogP contribution in [-0.2, 0) is 6.18 Å². The number of benzene rings is 1. The van der Waals surface area contributed by atoms with E-state index >= 15 is 0 Å². The molecule has 0 bridgehead atoms. The maximum absolute atomic E-state index is 13.8. The number of hydrogen-bond acceptors (Lipinski definition) is 2. The highest BCUT2D eigenvalue weighted by atomic mass is 19.4. The molecule has 2 rings (SSSR count). The van der Waals surface area contributed by atoms with E-state index in [1.165, 1.54) is 0 Å². The Morgan fingerprint density at radius 2 is 2.05 bits per heavy atom. The number of anilines is 1. The van der Waals surface area contributed by atoms with E-state index in [2.05, 4.69) is 0 Å². The summed E-state index contributed by atoms with van der Waals surface area (Å²) in [6.07, 6.45) is -3.76. The van der Waals surface area contributed by atoms with Crippen molar-refractivity contribution < 1.29 is 22.7 Å². The van der Waals surface area contributed by atoms with Gasteiger partial charge in [-0.15, -0.1) is 0 Å². The van der Waals surface area contributed by atoms with Gasteiger partial charge >= 0.3 is 6.18 Å². The Labute approximate surface area is 108 Å². The molecule has 0 saturated carbocycles. The first-order chi connectivity index (χ1) is 8.84. The van der Waals surface area contributed by atoms with Crippen LogP contribution in [0, 0.1) is 11.7 Å². The highest BCUT2D eigenvalue weighted by molar-refractivity contribution is 5.51. The van der Waals surface area contributed by atoms with E-state index in [1.807, 2.05) is 6.92 Å². The van der Waals surface area contributed by atoms with E-state index in [4.69, 9.17) is 0 Å². The van der Waals surface area contributed by atoms with Gasteiger partial charge in [0.1, 0.15) is 5.82 Å². The third-order valence-corrected chi connectivity index (χ3v) is 3.65. The zero-order chi connectivity index (χ0) is 14.2. The third kappa shape index (κ3) is 2.68. The van der Waals surface area contributed by atoms with Gasteiger partial charge < -0.3 is 10.0 Å². The Balaban J connectivity index is 2.32. The van der Waals surface area contributed by atoms with E-state index in [0.717, 1.165) is 18.6 Å². The lowest BCUT2D eigenvalue weighted by atomic mass is 10.0. The Kier molecular flexibility index (Phi) is 3.71. The van der Waals surface area contributed by atoms with Gasteiger partial charge in [-0.3, -0.25) is 0 Å². The van der Waals surface area contributed by atoms with Gasteiger partial charge in [0.05, 0.1) is 23.9 Å². The van der Waals surface area contributed by atoms with Crippen LogP contribution >= 0.6 is 0 Å². The van der Waals surface area contributed by atoms with Crippen molar-refractivity contribution in [3.05, 3.63) is 29.6 Å². The molecule has 0 radical (unpaired) electrons. The molecule has 2 nitrogen and oxygen atoms in total. The van der Waals surface area contributed by atoms with Crippen LogP contribution in [0.2, 0.25) is 0 Å². The molecule has 2 atom stereocenters. The molecule has 1 aliphatic rings. The Morgan fingerprint density at radius 3 is 2.58 bits per heavy atom. The molecule has 0 spiro atoms. The summed E-state index contributed by atoms with van der Waals surface area (Å²) in [4.78, 5) is 1.64. The lowest BCUT2D eigenvalue weighted by Gasteiger charge is -2.28. The highest BCUT2D eigenvalue weighted by Crippen LogP contribution is 2.35. The summed E-state index contributed by atoms with van der Waals surface area (Å²) in [7, 11) is 0. The summed E-state index contributed by atoms with van der Waals surface area (Å²) < 4.78 is 51.2. The minimum atomic E-state index is -4.55. The number of halogens is 4. The second-order valence-electron chi connectivity index (χ2n) is 4.87. The summed E-state index contributed by atoms with van der Waals surface area (Å²) in [6, 6.07) is 2.27. The maximum Gasteiger partial charge on any atom is 0.416 e. The van der Waals surface area contributed by atoms with E-state index in [0.29, 0.717) is 12.6 Å². The van der Waals surface area contributed by atoms with Gasteiger partial charge in [-0.2, -0.15) is 13.2 Å². The predicted molar refractivity (Wildman–Crippen MR) is 63.4 cm³/mol. The number of aliphatic hydroxyl groups excluding tert-OH is 1. The van der Waals surface area contributed by atoms with Gasteiger partial charge in [-0.25, -0.2) is 4.39 Å². The fourth-order valence-corrected chi connectivity index (χ4v) is 2.50. The molecule has 19 heavy (non-hydrogen) atoms. The monoisotopic (exact) mass is 277 g/mol. The molecular weight excluding hydrogens is 262 g/mol. The molecule has 0 amide bonds. The molecule has 1 aliphatic heterocycles. The van der Waals surface area contributed by atoms with Crippen molar-refractivity contribution in [3.8, 4) is 0 Å². The van der Waals surface area contributed by atoms with Crippen LogP contribution in [0.1, 0.15) is 18.9 Å². The van der Waals surface area contributed by atoms with Gasteiger partial charge in [0.15, 0.2) is 0 Å². The molecule has 1 N–H and O–H groups in total. The van der Waals surface area contributed by atoms with Gasteiger partial charge in [0, 0.05) is 6.54 Å². The van der Waals surface area contributed by atoms with Crippen LogP contribution in [0.4, 0.5) is 23.2 Å². The molecule has 0 aromatic heterocycles. The van der Waals surface area contributed by atoms with Crippen molar-refractivity contribution in [2.45, 2.75) is 25.6 Å². The quantitative estimate of drug-likeness (QED) is 0.840. The minimum absolute atomic E-state index is 0.122. The van der Waals surface area contributed by atoms with Crippen LogP contribution in [0.3, 0.4) is 0 Å². The van der Waals surface area contributed by atoms with Crippen molar-refractivity contribution in [2.24, 2.45) is 5.92 Å². The number of aliphatic hydroxyl groups is 1. The Bertz CT molecular complexity index is 460. The number of rotatable bonds is 2. The van der Waals surface area contributed by atoms with Crippen LogP contribution in [0.25, 0.3) is 0 Å². The molecule has 1 saturated heterocycles. The van der Waals surface area contributed by atoms with Crippen LogP contribution in [-0.4, -0.2) is 24.3 Å². The molecule has 1 fully saturated rings. The first-order valence-electron chi connectivity index (χ1n) is 6.09. The summed E-state index contributed by atoms with van der Waals surface area (Å²) in [5, 5.41) is 9.30. The second-order valence-corrected chi connectivity index (χ2v) is 4.87. The van der Waals surface area contributed by atoms with Crippen molar-refractivity contribution >= 4 is 5.69 Å². The van der Waals surface area contributed by atoms with E-state index in [9.17, 15) is 22.7 Å². The largest absolute Gasteiger partial charge is 0.416 e. The summed E-state index contributed by atoms with van der Waals surface area (Å²) in [6.45, 7) is 2.33. The standard InChI is InChI=1S/C13H15F4NO/c1-8-4-5-18(12(8)7-19)11-3-2-9(6-10(11)14)13(15,16)17/h2-3,6,8,12,19H,4-5,7H2,1H3. The Morgan fingerprint density at radius 1 is 1.37 bits per heavy atom. The van der Waals surface area contributed by atoms with Gasteiger partial charge in [-0.1, -0.05) is 6.92 Å². The second kappa shape index (κ2) is 5.00. The van der Waals surface area contributed by atoms with Crippen molar-refractivity contribution in [1.82, 2.24) is 0 Å². The Hall–Kier alpha value is -1.30. The topological polar surface area (TPSA) is 23.5 Å². The SMILES string of the molecule is CC1CCN(c2ccc(C(F)(F)F)cc2F)C1CO. The normalized spacial score (nSPS) is 24.0. The average molecular weight is 277 g/mol. The fourth-order valence-electron chi connectivity index (χ4n) is 2.50. The number of alkyl halides is 3. The molecule has 1 heterocycles. The number of nitrogens with zero attached hydrogens (tertiary/aromatic N) is 1. The maximum atomic E-state index is 13.8. The van der Waals surface area contributed by atoms with E-state index in [1.54, 1.807) is 4.90 Å². The fraction of sp³-hybridized carbons (Fsp3) is 0.538. The molecule has 0 aliphatic carbocycles. The molecule has 1 aromatic carbocycles. The molecule has 2 unspecified atom stereocenters. The van der Waals surface area contributed by atoms with Crippen LogP contribution in [0.15, 0.2) is 18.2 Å². The van der Waals surface area contributed by atoms with Crippen molar-refractivity contribution in [3.63, 3.8) is 0 Å². The van der Waals surface area contributed by atoms with Crippen LogP contribution in [0.5, 0.6) is 0 Å². The minimum Gasteiger partial charge on any atom is -0.394 e. The summed E-state index contributed by atoms with van der Waals surface area (Å²) in [5.74, 6) is -0.714. The summed E-state index contributed by atoms with van der Waals surface area (Å²) >= 11 is 0. The van der Waals surface area contributed by atoms with Crippen LogP contribution < -0.4 is 4.90 Å².